The second-order valence-electron chi connectivity index (χ2n) is 5.44. The van der Waals surface area contributed by atoms with Gasteiger partial charge in [0.1, 0.15) is 10.6 Å². The summed E-state index contributed by atoms with van der Waals surface area (Å²) in [5.74, 6) is -1.17. The number of H-pyrrole nitrogens is 1. The number of carboxylic acid groups (broad SMARTS) is 1. The zero-order valence-corrected chi connectivity index (χ0v) is 12.3. The minimum absolute atomic E-state index is 0.0286. The van der Waals surface area contributed by atoms with Crippen molar-refractivity contribution in [3.05, 3.63) is 18.0 Å². The van der Waals surface area contributed by atoms with Crippen LogP contribution in [0.15, 0.2) is 17.2 Å². The minimum Gasteiger partial charge on any atom is -0.477 e. The predicted octanol–water partition coefficient (Wildman–Crippen LogP) is 1.96. The Labute approximate surface area is 118 Å². The lowest BCUT2D eigenvalue weighted by molar-refractivity contribution is 0.0691. The van der Waals surface area contributed by atoms with Gasteiger partial charge in [-0.25, -0.2) is 17.9 Å². The van der Waals surface area contributed by atoms with Gasteiger partial charge in [-0.2, -0.15) is 0 Å². The van der Waals surface area contributed by atoms with E-state index in [9.17, 15) is 13.2 Å². The Kier molecular flexibility index (Phi) is 4.19. The summed E-state index contributed by atoms with van der Waals surface area (Å²) in [5, 5.41) is 8.80. The lowest BCUT2D eigenvalue weighted by Gasteiger charge is -2.27. The summed E-state index contributed by atoms with van der Waals surface area (Å²) in [6, 6.07) is 1.14. The molecular weight excluding hydrogens is 280 g/mol. The van der Waals surface area contributed by atoms with Crippen molar-refractivity contribution in [3.8, 4) is 0 Å². The summed E-state index contributed by atoms with van der Waals surface area (Å²) in [6.45, 7) is 2.50. The van der Waals surface area contributed by atoms with E-state index in [1.807, 2.05) is 0 Å². The lowest BCUT2D eigenvalue weighted by atomic mass is 9.84. The number of aromatic amines is 1. The van der Waals surface area contributed by atoms with Crippen LogP contribution in [-0.4, -0.2) is 31.0 Å². The van der Waals surface area contributed by atoms with E-state index in [0.29, 0.717) is 6.54 Å². The Morgan fingerprint density at radius 3 is 2.60 bits per heavy atom. The summed E-state index contributed by atoms with van der Waals surface area (Å²) in [4.78, 5) is 13.2. The molecule has 0 radical (unpaired) electrons. The van der Waals surface area contributed by atoms with E-state index in [4.69, 9.17) is 5.11 Å². The molecule has 1 aliphatic carbocycles. The van der Waals surface area contributed by atoms with Gasteiger partial charge < -0.3 is 10.1 Å². The molecule has 2 rings (SSSR count). The normalized spacial score (nSPS) is 18.2. The molecule has 6 nitrogen and oxygen atoms in total. The van der Waals surface area contributed by atoms with Gasteiger partial charge in [0.25, 0.3) is 0 Å². The maximum Gasteiger partial charge on any atom is 0.352 e. The van der Waals surface area contributed by atoms with Crippen LogP contribution in [-0.2, 0) is 10.0 Å². The van der Waals surface area contributed by atoms with Crippen LogP contribution < -0.4 is 4.72 Å². The molecule has 1 aliphatic rings. The van der Waals surface area contributed by atoms with Gasteiger partial charge in [-0.3, -0.25) is 0 Å². The fourth-order valence-corrected chi connectivity index (χ4v) is 3.91. The molecule has 20 heavy (non-hydrogen) atoms. The molecule has 112 valence electrons. The first-order valence-electron chi connectivity index (χ1n) is 6.80. The SMILES string of the molecule is CCC1(CNS(=O)(=O)c2c[nH]c(C(=O)O)c2)CCCC1. The van der Waals surface area contributed by atoms with Gasteiger partial charge in [0.05, 0.1) is 0 Å². The van der Waals surface area contributed by atoms with Crippen LogP contribution >= 0.6 is 0 Å². The molecule has 0 atom stereocenters. The highest BCUT2D eigenvalue weighted by molar-refractivity contribution is 7.89. The molecule has 0 aliphatic heterocycles. The quantitative estimate of drug-likeness (QED) is 0.747. The summed E-state index contributed by atoms with van der Waals surface area (Å²) < 4.78 is 26.9. The molecule has 1 aromatic heterocycles. The van der Waals surface area contributed by atoms with Crippen molar-refractivity contribution in [1.82, 2.24) is 9.71 Å². The van der Waals surface area contributed by atoms with E-state index < -0.39 is 16.0 Å². The molecule has 1 heterocycles. The molecule has 0 unspecified atom stereocenters. The van der Waals surface area contributed by atoms with Gasteiger partial charge in [-0.15, -0.1) is 0 Å². The Morgan fingerprint density at radius 1 is 1.45 bits per heavy atom. The highest BCUT2D eigenvalue weighted by atomic mass is 32.2. The van der Waals surface area contributed by atoms with Crippen LogP contribution in [0.5, 0.6) is 0 Å². The van der Waals surface area contributed by atoms with Gasteiger partial charge in [0.2, 0.25) is 10.0 Å². The summed E-state index contributed by atoms with van der Waals surface area (Å²) in [5.41, 5.74) is -0.0737. The number of sulfonamides is 1. The van der Waals surface area contributed by atoms with Crippen LogP contribution in [0, 0.1) is 5.41 Å². The maximum absolute atomic E-state index is 12.2. The largest absolute Gasteiger partial charge is 0.477 e. The van der Waals surface area contributed by atoms with Crippen molar-refractivity contribution in [2.45, 2.75) is 43.9 Å². The fourth-order valence-electron chi connectivity index (χ4n) is 2.76. The van der Waals surface area contributed by atoms with Crippen LogP contribution in [0.4, 0.5) is 0 Å². The average Bonchev–Trinajstić information content (AvgIpc) is 3.07. The van der Waals surface area contributed by atoms with Crippen LogP contribution in [0.2, 0.25) is 0 Å². The third-order valence-electron chi connectivity index (χ3n) is 4.25. The van der Waals surface area contributed by atoms with Gasteiger partial charge >= 0.3 is 5.97 Å². The molecule has 1 fully saturated rings. The number of carboxylic acids is 1. The van der Waals surface area contributed by atoms with E-state index in [2.05, 4.69) is 16.6 Å². The fraction of sp³-hybridized carbons (Fsp3) is 0.615. The van der Waals surface area contributed by atoms with Crippen LogP contribution in [0.25, 0.3) is 0 Å². The van der Waals surface area contributed by atoms with Crippen molar-refractivity contribution in [2.24, 2.45) is 5.41 Å². The smallest absolute Gasteiger partial charge is 0.352 e. The number of aromatic nitrogens is 1. The molecule has 3 N–H and O–H groups in total. The molecule has 0 aromatic carbocycles. The van der Waals surface area contributed by atoms with Gasteiger partial charge in [-0.1, -0.05) is 19.8 Å². The molecule has 1 aromatic rings. The Morgan fingerprint density at radius 2 is 2.10 bits per heavy atom. The molecule has 1 saturated carbocycles. The summed E-state index contributed by atoms with van der Waals surface area (Å²) >= 11 is 0. The summed E-state index contributed by atoms with van der Waals surface area (Å²) in [6.07, 6.45) is 6.52. The number of nitrogens with one attached hydrogen (secondary N) is 2. The average molecular weight is 300 g/mol. The Bertz CT molecular complexity index is 585. The first-order chi connectivity index (χ1) is 9.38. The van der Waals surface area contributed by atoms with E-state index in [1.54, 1.807) is 0 Å². The van der Waals surface area contributed by atoms with Crippen molar-refractivity contribution in [1.29, 1.82) is 0 Å². The standard InChI is InChI=1S/C13H20N2O4S/c1-2-13(5-3-4-6-13)9-15-20(18,19)10-7-11(12(16)17)14-8-10/h7-8,14-15H,2-6,9H2,1H3,(H,16,17). The van der Waals surface area contributed by atoms with E-state index in [-0.39, 0.29) is 16.0 Å². The van der Waals surface area contributed by atoms with E-state index in [0.717, 1.165) is 38.2 Å². The maximum atomic E-state index is 12.2. The number of carbonyl (C=O) groups is 1. The number of rotatable bonds is 6. The molecule has 0 amide bonds. The molecule has 0 spiro atoms. The topological polar surface area (TPSA) is 99.3 Å². The van der Waals surface area contributed by atoms with E-state index >= 15 is 0 Å². The third-order valence-corrected chi connectivity index (χ3v) is 5.63. The van der Waals surface area contributed by atoms with Crippen molar-refractivity contribution in [3.63, 3.8) is 0 Å². The highest BCUT2D eigenvalue weighted by Gasteiger charge is 2.33. The van der Waals surface area contributed by atoms with Gasteiger partial charge in [-0.05, 0) is 30.7 Å². The Hall–Kier alpha value is -1.34. The zero-order valence-electron chi connectivity index (χ0n) is 11.5. The zero-order chi connectivity index (χ0) is 14.8. The first kappa shape index (κ1) is 15.1. The minimum atomic E-state index is -3.65. The number of hydrogen-bond acceptors (Lipinski definition) is 3. The molecule has 0 bridgehead atoms. The molecular formula is C13H20N2O4S. The highest BCUT2D eigenvalue weighted by Crippen LogP contribution is 2.40. The second kappa shape index (κ2) is 5.57. The predicted molar refractivity (Wildman–Crippen MR) is 74.1 cm³/mol. The lowest BCUT2D eigenvalue weighted by Crippen LogP contribution is -2.35. The van der Waals surface area contributed by atoms with E-state index in [1.165, 1.54) is 6.20 Å². The third kappa shape index (κ3) is 3.04. The number of aromatic carboxylic acids is 1. The van der Waals surface area contributed by atoms with Crippen molar-refractivity contribution < 1.29 is 18.3 Å². The molecule has 0 saturated heterocycles. The van der Waals surface area contributed by atoms with Gasteiger partial charge in [0, 0.05) is 12.7 Å². The van der Waals surface area contributed by atoms with Crippen molar-refractivity contribution >= 4 is 16.0 Å². The second-order valence-corrected chi connectivity index (χ2v) is 7.21. The first-order valence-corrected chi connectivity index (χ1v) is 8.28. The van der Waals surface area contributed by atoms with Gasteiger partial charge in [0.15, 0.2) is 0 Å². The van der Waals surface area contributed by atoms with Crippen LogP contribution in [0.3, 0.4) is 0 Å². The monoisotopic (exact) mass is 300 g/mol. The Balaban J connectivity index is 2.08. The van der Waals surface area contributed by atoms with Crippen LogP contribution in [0.1, 0.15) is 49.5 Å². The molecule has 7 heteroatoms. The van der Waals surface area contributed by atoms with Crippen molar-refractivity contribution in [2.75, 3.05) is 6.54 Å². The summed E-state index contributed by atoms with van der Waals surface area (Å²) in [7, 11) is -3.65. The number of hydrogen-bond donors (Lipinski definition) is 3.